The number of aromatic nitrogens is 2. The highest BCUT2D eigenvalue weighted by Crippen LogP contribution is 2.27. The molecule has 1 heterocycles. The zero-order valence-electron chi connectivity index (χ0n) is 17.8. The minimum atomic E-state index is -0.392. The molecule has 0 fully saturated rings. The molecule has 1 aromatic heterocycles. The summed E-state index contributed by atoms with van der Waals surface area (Å²) in [6.45, 7) is 0.291. The van der Waals surface area contributed by atoms with E-state index in [1.54, 1.807) is 30.5 Å². The molecule has 3 aromatic carbocycles. The molecule has 0 aliphatic carbocycles. The van der Waals surface area contributed by atoms with Gasteiger partial charge in [-0.1, -0.05) is 36.4 Å². The van der Waals surface area contributed by atoms with Crippen LogP contribution in [0.25, 0.3) is 0 Å². The van der Waals surface area contributed by atoms with Gasteiger partial charge in [-0.25, -0.2) is 8.78 Å². The monoisotopic (exact) mass is 465 g/mol. The molecule has 1 amide bonds. The van der Waals surface area contributed by atoms with Crippen molar-refractivity contribution in [2.75, 3.05) is 11.6 Å². The first-order valence-corrected chi connectivity index (χ1v) is 11.4. The Morgan fingerprint density at radius 1 is 1.00 bits per heavy atom. The van der Waals surface area contributed by atoms with Crippen molar-refractivity contribution in [1.82, 2.24) is 9.78 Å². The molecule has 0 aliphatic heterocycles. The number of hydrogen-bond donors (Lipinski definition) is 1. The molecule has 0 unspecified atom stereocenters. The highest BCUT2D eigenvalue weighted by molar-refractivity contribution is 7.98. The maximum atomic E-state index is 13.6. The van der Waals surface area contributed by atoms with E-state index in [1.807, 2.05) is 30.5 Å². The van der Waals surface area contributed by atoms with E-state index in [0.29, 0.717) is 16.8 Å². The third kappa shape index (κ3) is 5.78. The third-order valence-electron chi connectivity index (χ3n) is 4.83. The van der Waals surface area contributed by atoms with E-state index in [-0.39, 0.29) is 36.2 Å². The standard InChI is InChI=1S/C25H21F2N3O2S/c1-33-23-11-3-2-10-22(23)28-24(31)21-15-30(14-17-6-4-8-19(26)12-17)29-25(21)32-16-18-7-5-9-20(27)13-18/h2-13,15H,14,16H2,1H3,(H,28,31). The van der Waals surface area contributed by atoms with Gasteiger partial charge >= 0.3 is 0 Å². The summed E-state index contributed by atoms with van der Waals surface area (Å²) in [5.74, 6) is -1.01. The average molecular weight is 466 g/mol. The molecule has 0 atom stereocenters. The fourth-order valence-corrected chi connectivity index (χ4v) is 3.84. The lowest BCUT2D eigenvalue weighted by Gasteiger charge is -2.09. The fraction of sp³-hybridized carbons (Fsp3) is 0.120. The van der Waals surface area contributed by atoms with Crippen molar-refractivity contribution >= 4 is 23.4 Å². The second kappa shape index (κ2) is 10.3. The number of nitrogens with zero attached hydrogens (tertiary/aromatic N) is 2. The van der Waals surface area contributed by atoms with Gasteiger partial charge in [0.2, 0.25) is 5.88 Å². The molecule has 0 aliphatic rings. The molecule has 168 valence electrons. The molecule has 0 radical (unpaired) electrons. The van der Waals surface area contributed by atoms with Crippen LogP contribution >= 0.6 is 11.8 Å². The molecule has 0 spiro atoms. The first kappa shape index (κ1) is 22.5. The molecule has 8 heteroatoms. The molecule has 4 aromatic rings. The number of carbonyl (C=O) groups is 1. The van der Waals surface area contributed by atoms with Crippen LogP contribution in [0.1, 0.15) is 21.5 Å². The Morgan fingerprint density at radius 3 is 2.42 bits per heavy atom. The van der Waals surface area contributed by atoms with Crippen molar-refractivity contribution in [3.8, 4) is 5.88 Å². The lowest BCUT2D eigenvalue weighted by molar-refractivity contribution is 0.102. The number of para-hydroxylation sites is 1. The number of amides is 1. The van der Waals surface area contributed by atoms with E-state index in [1.165, 1.54) is 40.7 Å². The summed E-state index contributed by atoms with van der Waals surface area (Å²) in [4.78, 5) is 14.0. The highest BCUT2D eigenvalue weighted by Gasteiger charge is 2.20. The van der Waals surface area contributed by atoms with Crippen LogP contribution in [0.3, 0.4) is 0 Å². The van der Waals surface area contributed by atoms with Crippen LogP contribution in [0.2, 0.25) is 0 Å². The van der Waals surface area contributed by atoms with Gasteiger partial charge in [0.25, 0.3) is 5.91 Å². The van der Waals surface area contributed by atoms with Gasteiger partial charge in [0, 0.05) is 11.1 Å². The molecule has 0 bridgehead atoms. The van der Waals surface area contributed by atoms with E-state index < -0.39 is 5.91 Å². The lowest BCUT2D eigenvalue weighted by Crippen LogP contribution is -2.13. The Bertz CT molecular complexity index is 1280. The average Bonchev–Trinajstić information content (AvgIpc) is 3.21. The van der Waals surface area contributed by atoms with Crippen molar-refractivity contribution in [2.24, 2.45) is 0 Å². The maximum absolute atomic E-state index is 13.6. The van der Waals surface area contributed by atoms with E-state index in [4.69, 9.17) is 4.74 Å². The number of halogens is 2. The van der Waals surface area contributed by atoms with Gasteiger partial charge in [0.05, 0.1) is 12.2 Å². The minimum absolute atomic E-state index is 0.0381. The first-order chi connectivity index (χ1) is 16.0. The Hall–Kier alpha value is -3.65. The molecule has 0 saturated heterocycles. The van der Waals surface area contributed by atoms with Gasteiger partial charge < -0.3 is 10.1 Å². The number of thioether (sulfide) groups is 1. The van der Waals surface area contributed by atoms with Crippen LogP contribution in [0.5, 0.6) is 5.88 Å². The van der Waals surface area contributed by atoms with Crippen LogP contribution < -0.4 is 10.1 Å². The predicted molar refractivity (Wildman–Crippen MR) is 125 cm³/mol. The minimum Gasteiger partial charge on any atom is -0.471 e. The van der Waals surface area contributed by atoms with E-state index in [2.05, 4.69) is 10.4 Å². The van der Waals surface area contributed by atoms with Crippen molar-refractivity contribution in [1.29, 1.82) is 0 Å². The second-order valence-electron chi connectivity index (χ2n) is 7.25. The van der Waals surface area contributed by atoms with Crippen molar-refractivity contribution in [2.45, 2.75) is 18.0 Å². The van der Waals surface area contributed by atoms with Gasteiger partial charge in [0.1, 0.15) is 23.8 Å². The lowest BCUT2D eigenvalue weighted by atomic mass is 10.2. The number of nitrogens with one attached hydrogen (secondary N) is 1. The van der Waals surface area contributed by atoms with Gasteiger partial charge in [-0.2, -0.15) is 0 Å². The number of ether oxygens (including phenoxy) is 1. The summed E-state index contributed by atoms with van der Waals surface area (Å²) in [5, 5.41) is 7.29. The first-order valence-electron chi connectivity index (χ1n) is 10.2. The van der Waals surface area contributed by atoms with Crippen LogP contribution in [0.4, 0.5) is 14.5 Å². The van der Waals surface area contributed by atoms with Crippen LogP contribution in [0.15, 0.2) is 83.9 Å². The summed E-state index contributed by atoms with van der Waals surface area (Å²) in [6.07, 6.45) is 3.48. The van der Waals surface area contributed by atoms with E-state index in [9.17, 15) is 13.6 Å². The number of hydrogen-bond acceptors (Lipinski definition) is 4. The van der Waals surface area contributed by atoms with E-state index in [0.717, 1.165) is 4.90 Å². The Balaban J connectivity index is 1.60. The summed E-state index contributed by atoms with van der Waals surface area (Å²) in [5.41, 5.74) is 2.19. The summed E-state index contributed by atoms with van der Waals surface area (Å²) in [6, 6.07) is 19.6. The van der Waals surface area contributed by atoms with Gasteiger partial charge in [-0.15, -0.1) is 16.9 Å². The Kier molecular flexibility index (Phi) is 7.04. The second-order valence-corrected chi connectivity index (χ2v) is 8.10. The smallest absolute Gasteiger partial charge is 0.262 e. The summed E-state index contributed by atoms with van der Waals surface area (Å²) in [7, 11) is 0. The molecular formula is C25H21F2N3O2S. The number of rotatable bonds is 8. The maximum Gasteiger partial charge on any atom is 0.262 e. The van der Waals surface area contributed by atoms with Gasteiger partial charge in [-0.3, -0.25) is 9.48 Å². The van der Waals surface area contributed by atoms with Gasteiger partial charge in [-0.05, 0) is 53.8 Å². The highest BCUT2D eigenvalue weighted by atomic mass is 32.2. The predicted octanol–water partition coefficient (Wildman–Crippen LogP) is 5.76. The molecule has 5 nitrogen and oxygen atoms in total. The summed E-state index contributed by atoms with van der Waals surface area (Å²) < 4.78 is 34.4. The quantitative estimate of drug-likeness (QED) is 0.336. The van der Waals surface area contributed by atoms with Gasteiger partial charge in [0.15, 0.2) is 0 Å². The molecular weight excluding hydrogens is 444 g/mol. The zero-order chi connectivity index (χ0) is 23.2. The Morgan fingerprint density at radius 2 is 1.70 bits per heavy atom. The zero-order valence-corrected chi connectivity index (χ0v) is 18.6. The molecule has 1 N–H and O–H groups in total. The normalized spacial score (nSPS) is 10.8. The van der Waals surface area contributed by atoms with Crippen LogP contribution in [-0.2, 0) is 13.2 Å². The van der Waals surface area contributed by atoms with Crippen molar-refractivity contribution in [3.05, 3.63) is 107 Å². The molecule has 33 heavy (non-hydrogen) atoms. The third-order valence-corrected chi connectivity index (χ3v) is 5.62. The number of benzene rings is 3. The van der Waals surface area contributed by atoms with Crippen molar-refractivity contribution < 1.29 is 18.3 Å². The summed E-state index contributed by atoms with van der Waals surface area (Å²) >= 11 is 1.52. The topological polar surface area (TPSA) is 56.2 Å². The fourth-order valence-electron chi connectivity index (χ4n) is 3.29. The SMILES string of the molecule is CSc1ccccc1NC(=O)c1cn(Cc2cccc(F)c2)nc1OCc1cccc(F)c1. The number of anilines is 1. The van der Waals surface area contributed by atoms with E-state index >= 15 is 0 Å². The Labute approximate surface area is 194 Å². The molecule has 0 saturated carbocycles. The molecule has 4 rings (SSSR count). The van der Waals surface area contributed by atoms with Crippen LogP contribution in [0, 0.1) is 11.6 Å². The largest absolute Gasteiger partial charge is 0.471 e. The number of carbonyl (C=O) groups excluding carboxylic acids is 1. The van der Waals surface area contributed by atoms with Crippen molar-refractivity contribution in [3.63, 3.8) is 0 Å². The van der Waals surface area contributed by atoms with Crippen LogP contribution in [-0.4, -0.2) is 21.9 Å².